The molecule has 1 aliphatic rings. The Bertz CT molecular complexity index is 664. The predicted molar refractivity (Wildman–Crippen MR) is 65.2 cm³/mol. The number of phosphoric acid groups is 1. The van der Waals surface area contributed by atoms with Crippen LogP contribution in [-0.4, -0.2) is 54.5 Å². The SMILES string of the molecule is O=[13c]1[13cH][13cH][15n]([13C@@H]2O[13C@H]([13CH2]OP(=O)(O)O)[13C@@H](O)[13C@H]2O)[13c](=O)[15nH]1. The molecule has 4 atom stereocenters. The van der Waals surface area contributed by atoms with E-state index in [9.17, 15) is 24.4 Å². The molecule has 0 radical (unpaired) electrons. The Hall–Kier alpha value is -1.33. The molecule has 11 nitrogen and oxygen atoms in total. The van der Waals surface area contributed by atoms with E-state index in [-0.39, 0.29) is 0 Å². The fourth-order valence-corrected chi connectivity index (χ4v) is 2.24. The lowest BCUT2D eigenvalue weighted by Gasteiger charge is -2.16. The molecular weight excluding hydrogens is 322 g/mol. The van der Waals surface area contributed by atoms with Crippen LogP contribution in [0.1, 0.15) is 6.23 Å². The summed E-state index contributed by atoms with van der Waals surface area (Å²) in [6.07, 6.45) is -4.58. The second kappa shape index (κ2) is 5.81. The van der Waals surface area contributed by atoms with E-state index in [0.29, 0.717) is 0 Å². The maximum absolute atomic E-state index is 11.6. The number of nitrogens with one attached hydrogen (secondary N) is 1. The van der Waals surface area contributed by atoms with E-state index in [2.05, 4.69) is 4.52 Å². The van der Waals surface area contributed by atoms with E-state index < -0.39 is 50.2 Å². The lowest BCUT2D eigenvalue weighted by molar-refractivity contribution is -0.0543. The number of hydrogen-bond donors (Lipinski definition) is 5. The van der Waals surface area contributed by atoms with Crippen LogP contribution in [0.4, 0.5) is 0 Å². The van der Waals surface area contributed by atoms with E-state index in [1.165, 1.54) is 0 Å². The van der Waals surface area contributed by atoms with Crippen molar-refractivity contribution >= 4 is 7.82 Å². The standard InChI is InChI=1S/C9H13N2O9P/c12-5-1-2-11(9(15)10-5)8-7(14)6(13)4(20-8)3-19-21(16,17)18/h1-2,4,6-8,13-14H,3H2,(H,10,12,15)(H2,16,17,18)/t4-,6-,7-,8-/m1/s1/i1+1,2+1,3+1,4+1,5+1,6+1,7+1,8+1,9+1,10+1,11+1. The fraction of sp³-hybridized carbons (Fsp3) is 0.556. The summed E-state index contributed by atoms with van der Waals surface area (Å²) in [7, 11) is -4.76. The number of hydrogen-bond acceptors (Lipinski definition) is 7. The Morgan fingerprint density at radius 3 is 2.57 bits per heavy atom. The third-order valence-electron chi connectivity index (χ3n) is 2.87. The van der Waals surface area contributed by atoms with Crippen LogP contribution in [0.3, 0.4) is 0 Å². The van der Waals surface area contributed by atoms with Crippen molar-refractivity contribution in [3.63, 3.8) is 0 Å². The first-order valence-electron chi connectivity index (χ1n) is 5.72. The summed E-state index contributed by atoms with van der Waals surface area (Å²) in [4.78, 5) is 41.6. The van der Waals surface area contributed by atoms with Crippen molar-refractivity contribution in [2.75, 3.05) is 6.61 Å². The molecule has 12 heteroatoms. The van der Waals surface area contributed by atoms with Gasteiger partial charge >= 0.3 is 13.5 Å². The summed E-state index contributed by atoms with van der Waals surface area (Å²) < 4.78 is 20.8. The molecule has 1 aromatic rings. The van der Waals surface area contributed by atoms with E-state index in [1.807, 2.05) is 4.98 Å². The van der Waals surface area contributed by atoms with Crippen LogP contribution < -0.4 is 11.2 Å². The number of nitrogens with zero attached hydrogens (tertiary/aromatic N) is 1. The number of aromatic amines is 1. The molecule has 118 valence electrons. The van der Waals surface area contributed by atoms with Gasteiger partial charge in [0.2, 0.25) is 0 Å². The maximum Gasteiger partial charge on any atom is 0.469 e. The van der Waals surface area contributed by atoms with Gasteiger partial charge in [0.1, 0.15) is 18.3 Å². The average Bonchev–Trinajstić information content (AvgIpc) is 2.64. The van der Waals surface area contributed by atoms with Crippen LogP contribution in [0.5, 0.6) is 0 Å². The molecule has 1 aliphatic heterocycles. The third kappa shape index (κ3) is 3.66. The first-order valence-corrected chi connectivity index (χ1v) is 7.25. The Labute approximate surface area is 116 Å². The minimum atomic E-state index is -4.76. The predicted octanol–water partition coefficient (Wildman–Crippen LogP) is -2.73. The highest BCUT2D eigenvalue weighted by molar-refractivity contribution is 7.46. The normalized spacial score (nSPS) is 29.7. The van der Waals surface area contributed by atoms with Gasteiger partial charge in [0, 0.05) is 12.3 Å². The largest absolute Gasteiger partial charge is 0.469 e. The van der Waals surface area contributed by atoms with Gasteiger partial charge in [0.15, 0.2) is 6.23 Å². The number of aromatic nitrogens is 2. The van der Waals surface area contributed by atoms with Crippen molar-refractivity contribution < 1.29 is 33.8 Å². The van der Waals surface area contributed by atoms with Crippen molar-refractivity contribution in [3.8, 4) is 0 Å². The van der Waals surface area contributed by atoms with Crippen LogP contribution in [0.2, 0.25) is 0 Å². The minimum absolute atomic E-state index is 0.648. The molecule has 1 fully saturated rings. The second-order valence-corrected chi connectivity index (χ2v) is 5.59. The van der Waals surface area contributed by atoms with Crippen molar-refractivity contribution in [2.24, 2.45) is 0 Å². The molecule has 0 amide bonds. The number of aliphatic hydroxyl groups is 2. The molecule has 2 rings (SSSR count). The van der Waals surface area contributed by atoms with Crippen molar-refractivity contribution in [1.29, 1.82) is 0 Å². The van der Waals surface area contributed by atoms with Gasteiger partial charge in [-0.05, 0) is 0 Å². The van der Waals surface area contributed by atoms with Gasteiger partial charge in [-0.2, -0.15) is 0 Å². The summed E-state index contributed by atoms with van der Waals surface area (Å²) in [5.74, 6) is 0. The number of H-pyrrole nitrogens is 1. The number of rotatable bonds is 4. The van der Waals surface area contributed by atoms with Gasteiger partial charge in [-0.1, -0.05) is 0 Å². The highest BCUT2D eigenvalue weighted by atomic mass is 31.2. The fourth-order valence-electron chi connectivity index (χ4n) is 1.89. The van der Waals surface area contributed by atoms with E-state index in [1.54, 1.807) is 0 Å². The lowest BCUT2D eigenvalue weighted by atomic mass is 11.1. The van der Waals surface area contributed by atoms with Crippen molar-refractivity contribution in [3.05, 3.63) is 33.1 Å². The molecule has 1 saturated heterocycles. The van der Waals surface area contributed by atoms with Crippen LogP contribution in [0.15, 0.2) is 21.9 Å². The Morgan fingerprint density at radius 2 is 2.00 bits per heavy atom. The summed E-state index contributed by atoms with van der Waals surface area (Å²) in [6, 6.07) is 1.02. The first kappa shape index (κ1) is 16.0. The van der Waals surface area contributed by atoms with Gasteiger partial charge < -0.3 is 24.7 Å². The molecule has 0 spiro atoms. The highest BCUT2D eigenvalue weighted by Gasteiger charge is 2.44. The molecule has 0 aliphatic carbocycles. The maximum atomic E-state index is 11.6. The molecule has 0 unspecified atom stereocenters. The number of ether oxygens (including phenoxy) is 1. The first-order chi connectivity index (χ1) is 9.69. The van der Waals surface area contributed by atoms with Gasteiger partial charge in [0.05, 0.1) is 6.61 Å². The highest BCUT2D eigenvalue weighted by Crippen LogP contribution is 2.38. The third-order valence-corrected chi connectivity index (χ3v) is 3.35. The summed E-state index contributed by atoms with van der Waals surface area (Å²) >= 11 is 0. The summed E-state index contributed by atoms with van der Waals surface area (Å²) in [5, 5.41) is 19.6. The molecular formula is C9H13N2O9P. The summed E-state index contributed by atoms with van der Waals surface area (Å²) in [5.41, 5.74) is -1.51. The molecule has 0 saturated carbocycles. The van der Waals surface area contributed by atoms with Crippen LogP contribution in [0.25, 0.3) is 0 Å². The Morgan fingerprint density at radius 1 is 1.33 bits per heavy atom. The topological polar surface area (TPSA) is 171 Å². The van der Waals surface area contributed by atoms with Crippen LogP contribution >= 0.6 is 7.82 Å². The molecule has 21 heavy (non-hydrogen) atoms. The molecule has 0 bridgehead atoms. The second-order valence-electron chi connectivity index (χ2n) is 4.35. The Balaban J connectivity index is 2.18. The molecule has 0 aromatic carbocycles. The van der Waals surface area contributed by atoms with Gasteiger partial charge in [0.25, 0.3) is 5.56 Å². The molecule has 1 aromatic heterocycles. The zero-order chi connectivity index (χ0) is 15.8. The lowest BCUT2D eigenvalue weighted by Crippen LogP contribution is -2.37. The van der Waals surface area contributed by atoms with E-state index in [0.717, 1.165) is 16.8 Å². The average molecular weight is 335 g/mol. The summed E-state index contributed by atoms with van der Waals surface area (Å²) in [6.45, 7) is -0.683. The molecule has 5 N–H and O–H groups in total. The van der Waals surface area contributed by atoms with Crippen molar-refractivity contribution in [2.45, 2.75) is 24.5 Å². The van der Waals surface area contributed by atoms with Crippen LogP contribution in [-0.2, 0) is 13.8 Å². The zero-order valence-electron chi connectivity index (χ0n) is 10.4. The number of phosphoric ester groups is 1. The van der Waals surface area contributed by atoms with Gasteiger partial charge in [-0.3, -0.25) is 18.9 Å². The monoisotopic (exact) mass is 335 g/mol. The van der Waals surface area contributed by atoms with Gasteiger partial charge in [-0.15, -0.1) is 0 Å². The van der Waals surface area contributed by atoms with Gasteiger partial charge in [-0.25, -0.2) is 9.36 Å². The Kier molecular flexibility index (Phi) is 4.44. The quantitative estimate of drug-likeness (QED) is 0.289. The number of aliphatic hydroxyl groups excluding tert-OH is 2. The smallest absolute Gasteiger partial charge is 0.387 e. The minimum Gasteiger partial charge on any atom is -0.387 e. The van der Waals surface area contributed by atoms with Crippen LogP contribution in [0, 0.1) is 0 Å². The van der Waals surface area contributed by atoms with E-state index in [4.69, 9.17) is 14.5 Å². The molecule has 2 heterocycles. The zero-order valence-corrected chi connectivity index (χ0v) is 11.3. The van der Waals surface area contributed by atoms with Crippen molar-refractivity contribution in [1.82, 2.24) is 9.55 Å². The van der Waals surface area contributed by atoms with E-state index >= 15 is 0 Å².